The minimum absolute atomic E-state index is 0.00607. The molecule has 1 amide bonds. The van der Waals surface area contributed by atoms with E-state index in [-0.39, 0.29) is 22.1 Å². The number of rotatable bonds is 3. The van der Waals surface area contributed by atoms with Crippen molar-refractivity contribution in [1.29, 1.82) is 0 Å². The number of hydrogen-bond donors (Lipinski definition) is 0. The van der Waals surface area contributed by atoms with E-state index in [1.807, 2.05) is 45.0 Å². The fourth-order valence-electron chi connectivity index (χ4n) is 3.06. The minimum Gasteiger partial charge on any atom is -0.444 e. The molecule has 26 heavy (non-hydrogen) atoms. The first-order chi connectivity index (χ1) is 12.1. The first-order valence-corrected chi connectivity index (χ1v) is 11.2. The number of ether oxygens (including phenoxy) is 1. The molecule has 1 fully saturated rings. The Hall–Kier alpha value is -1.67. The molecule has 0 bridgehead atoms. The third-order valence-electron chi connectivity index (χ3n) is 4.17. The van der Waals surface area contributed by atoms with Crippen LogP contribution in [0.4, 0.5) is 4.79 Å². The Bertz CT molecular complexity index is 866. The van der Waals surface area contributed by atoms with E-state index < -0.39 is 15.4 Å². The lowest BCUT2D eigenvalue weighted by atomic mass is 10.0. The fraction of sp³-hybridized carbons (Fsp3) is 0.556. The highest BCUT2D eigenvalue weighted by atomic mass is 32.2. The molecular formula is C18H24N2O4S2. The van der Waals surface area contributed by atoms with Crippen LogP contribution >= 0.6 is 11.3 Å². The first kappa shape index (κ1) is 19.1. The lowest BCUT2D eigenvalue weighted by Gasteiger charge is -2.33. The van der Waals surface area contributed by atoms with Gasteiger partial charge in [-0.05, 0) is 51.7 Å². The molecule has 1 saturated heterocycles. The van der Waals surface area contributed by atoms with Crippen LogP contribution in [-0.4, -0.2) is 48.8 Å². The van der Waals surface area contributed by atoms with Crippen LogP contribution < -0.4 is 0 Å². The van der Waals surface area contributed by atoms with Gasteiger partial charge in [0.25, 0.3) is 0 Å². The van der Waals surface area contributed by atoms with Crippen molar-refractivity contribution in [1.82, 2.24) is 9.88 Å². The van der Waals surface area contributed by atoms with Gasteiger partial charge in [-0.2, -0.15) is 0 Å². The standard InChI is InChI=1S/C18H24N2O4S2/c1-18(2,3)24-17(21)20-10-6-7-13(11-20)12-26(22,23)16-19-14-8-4-5-9-15(14)25-16/h4-5,8-9,13H,6-7,10-12H2,1-3H3/t13-/m0/s1. The molecule has 1 aliphatic rings. The lowest BCUT2D eigenvalue weighted by molar-refractivity contribution is 0.0176. The molecule has 1 atom stereocenters. The minimum atomic E-state index is -3.48. The Balaban J connectivity index is 1.70. The van der Waals surface area contributed by atoms with Crippen LogP contribution in [0.3, 0.4) is 0 Å². The van der Waals surface area contributed by atoms with E-state index >= 15 is 0 Å². The molecule has 6 nitrogen and oxygen atoms in total. The van der Waals surface area contributed by atoms with Crippen LogP contribution in [0.25, 0.3) is 10.2 Å². The van der Waals surface area contributed by atoms with E-state index in [2.05, 4.69) is 4.98 Å². The molecule has 0 saturated carbocycles. The molecule has 0 spiro atoms. The van der Waals surface area contributed by atoms with Crippen molar-refractivity contribution in [2.45, 2.75) is 43.6 Å². The van der Waals surface area contributed by atoms with Gasteiger partial charge in [-0.3, -0.25) is 0 Å². The summed E-state index contributed by atoms with van der Waals surface area (Å²) in [5.74, 6) is -0.0974. The van der Waals surface area contributed by atoms with Gasteiger partial charge in [0.15, 0.2) is 0 Å². The zero-order chi connectivity index (χ0) is 18.9. The van der Waals surface area contributed by atoms with E-state index in [4.69, 9.17) is 4.74 Å². The van der Waals surface area contributed by atoms with E-state index in [9.17, 15) is 13.2 Å². The summed E-state index contributed by atoms with van der Waals surface area (Å²) in [6.45, 7) is 6.48. The van der Waals surface area contributed by atoms with E-state index in [0.717, 1.165) is 17.5 Å². The van der Waals surface area contributed by atoms with Crippen LogP contribution in [0, 0.1) is 5.92 Å². The van der Waals surface area contributed by atoms with E-state index in [1.54, 1.807) is 4.90 Å². The summed E-state index contributed by atoms with van der Waals surface area (Å²) >= 11 is 1.20. The summed E-state index contributed by atoms with van der Waals surface area (Å²) in [5.41, 5.74) is 0.145. The molecule has 142 valence electrons. The van der Waals surface area contributed by atoms with Gasteiger partial charge >= 0.3 is 6.09 Å². The van der Waals surface area contributed by atoms with Crippen molar-refractivity contribution < 1.29 is 17.9 Å². The number of aromatic nitrogens is 1. The number of fused-ring (bicyclic) bond motifs is 1. The molecule has 0 unspecified atom stereocenters. The number of thiazole rings is 1. The van der Waals surface area contributed by atoms with Gasteiger partial charge < -0.3 is 9.64 Å². The first-order valence-electron chi connectivity index (χ1n) is 8.70. The Labute approximate surface area is 158 Å². The third kappa shape index (κ3) is 4.54. The van der Waals surface area contributed by atoms with Crippen molar-refractivity contribution in [3.63, 3.8) is 0 Å². The molecule has 2 heterocycles. The zero-order valence-corrected chi connectivity index (χ0v) is 16.9. The highest BCUT2D eigenvalue weighted by molar-refractivity contribution is 7.93. The smallest absolute Gasteiger partial charge is 0.410 e. The Morgan fingerprint density at radius 2 is 2.08 bits per heavy atom. The number of sulfone groups is 1. The molecule has 0 aliphatic carbocycles. The molecule has 1 aromatic heterocycles. The number of hydrogen-bond acceptors (Lipinski definition) is 6. The largest absolute Gasteiger partial charge is 0.444 e. The Kier molecular flexibility index (Phi) is 5.25. The summed E-state index contributed by atoms with van der Waals surface area (Å²) in [4.78, 5) is 18.2. The monoisotopic (exact) mass is 396 g/mol. The van der Waals surface area contributed by atoms with E-state index in [1.165, 1.54) is 11.3 Å². The summed E-state index contributed by atoms with van der Waals surface area (Å²) < 4.78 is 32.0. The van der Waals surface area contributed by atoms with Crippen molar-refractivity contribution in [2.24, 2.45) is 5.92 Å². The van der Waals surface area contributed by atoms with Crippen LogP contribution in [0.5, 0.6) is 0 Å². The molecule has 8 heteroatoms. The lowest BCUT2D eigenvalue weighted by Crippen LogP contribution is -2.44. The molecule has 0 radical (unpaired) electrons. The van der Waals surface area contributed by atoms with E-state index in [0.29, 0.717) is 18.6 Å². The highest BCUT2D eigenvalue weighted by Crippen LogP contribution is 2.28. The topological polar surface area (TPSA) is 76.6 Å². The second-order valence-corrected chi connectivity index (χ2v) is 10.9. The average Bonchev–Trinajstić information content (AvgIpc) is 2.98. The van der Waals surface area contributed by atoms with Gasteiger partial charge in [0.05, 0.1) is 16.0 Å². The number of piperidine rings is 1. The summed E-state index contributed by atoms with van der Waals surface area (Å²) in [7, 11) is -3.48. The second kappa shape index (κ2) is 7.15. The Morgan fingerprint density at radius 1 is 1.35 bits per heavy atom. The second-order valence-electron chi connectivity index (χ2n) is 7.66. The summed E-state index contributed by atoms with van der Waals surface area (Å²) in [6.07, 6.45) is 1.18. The maximum absolute atomic E-state index is 12.8. The van der Waals surface area contributed by atoms with Crippen molar-refractivity contribution in [3.05, 3.63) is 24.3 Å². The van der Waals surface area contributed by atoms with Gasteiger partial charge in [-0.25, -0.2) is 18.2 Å². The number of para-hydroxylation sites is 1. The molecular weight excluding hydrogens is 372 g/mol. The molecule has 0 N–H and O–H groups in total. The quantitative estimate of drug-likeness (QED) is 0.790. The summed E-state index contributed by atoms with van der Waals surface area (Å²) in [6, 6.07) is 7.40. The van der Waals surface area contributed by atoms with Crippen molar-refractivity contribution >= 4 is 37.5 Å². The van der Waals surface area contributed by atoms with Gasteiger partial charge in [0.1, 0.15) is 5.60 Å². The van der Waals surface area contributed by atoms with Crippen molar-refractivity contribution in [2.75, 3.05) is 18.8 Å². The molecule has 1 aromatic carbocycles. The number of nitrogens with zero attached hydrogens (tertiary/aromatic N) is 2. The zero-order valence-electron chi connectivity index (χ0n) is 15.3. The predicted molar refractivity (Wildman–Crippen MR) is 102 cm³/mol. The average molecular weight is 397 g/mol. The van der Waals surface area contributed by atoms with Gasteiger partial charge in [0.2, 0.25) is 14.2 Å². The molecule has 3 rings (SSSR count). The van der Waals surface area contributed by atoms with Crippen LogP contribution in [-0.2, 0) is 14.6 Å². The SMILES string of the molecule is CC(C)(C)OC(=O)N1CCC[C@H](CS(=O)(=O)c2nc3ccccc3s2)C1. The maximum atomic E-state index is 12.8. The number of likely N-dealkylation sites (tertiary alicyclic amines) is 1. The van der Waals surface area contributed by atoms with Gasteiger partial charge in [0, 0.05) is 13.1 Å². The Morgan fingerprint density at radius 3 is 2.77 bits per heavy atom. The van der Waals surface area contributed by atoms with Crippen LogP contribution in [0.15, 0.2) is 28.6 Å². The number of benzene rings is 1. The van der Waals surface area contributed by atoms with Gasteiger partial charge in [-0.15, -0.1) is 11.3 Å². The highest BCUT2D eigenvalue weighted by Gasteiger charge is 2.31. The van der Waals surface area contributed by atoms with Crippen molar-refractivity contribution in [3.8, 4) is 0 Å². The van der Waals surface area contributed by atoms with Crippen LogP contribution in [0.1, 0.15) is 33.6 Å². The fourth-order valence-corrected chi connectivity index (χ4v) is 6.01. The maximum Gasteiger partial charge on any atom is 0.410 e. The third-order valence-corrected chi connectivity index (χ3v) is 7.54. The number of carbonyl (C=O) groups excluding carboxylic acids is 1. The normalized spacial score (nSPS) is 18.9. The predicted octanol–water partition coefficient (Wildman–Crippen LogP) is 3.72. The van der Waals surface area contributed by atoms with Gasteiger partial charge in [-0.1, -0.05) is 12.1 Å². The number of carbonyl (C=O) groups is 1. The molecule has 1 aliphatic heterocycles. The summed E-state index contributed by atoms with van der Waals surface area (Å²) in [5, 5.41) is 0. The number of amides is 1. The van der Waals surface area contributed by atoms with Crippen LogP contribution in [0.2, 0.25) is 0 Å². The molecule has 2 aromatic rings.